The number of fused-ring (bicyclic) bond motifs is 2. The lowest BCUT2D eigenvalue weighted by atomic mass is 10.0. The highest BCUT2D eigenvalue weighted by Crippen LogP contribution is 2.43. The molecular weight excluding hydrogens is 518 g/mol. The Morgan fingerprint density at radius 1 is 1.11 bits per heavy atom. The second-order valence-corrected chi connectivity index (χ2v) is 11.1. The van der Waals surface area contributed by atoms with Crippen LogP contribution in [0.25, 0.3) is 10.9 Å². The van der Waals surface area contributed by atoms with Crippen molar-refractivity contribution in [2.24, 2.45) is 11.8 Å². The van der Waals surface area contributed by atoms with Crippen molar-refractivity contribution >= 4 is 40.1 Å². The van der Waals surface area contributed by atoms with Gasteiger partial charge >= 0.3 is 6.09 Å². The zero-order valence-corrected chi connectivity index (χ0v) is 22.3. The summed E-state index contributed by atoms with van der Waals surface area (Å²) in [6, 6.07) is 5.81. The number of hydrogen-bond acceptors (Lipinski definition) is 7. The van der Waals surface area contributed by atoms with Gasteiger partial charge in [0, 0.05) is 24.5 Å². The van der Waals surface area contributed by atoms with E-state index >= 15 is 0 Å². The lowest BCUT2D eigenvalue weighted by molar-refractivity contribution is 0.0272. The third kappa shape index (κ3) is 5.27. The fourth-order valence-corrected chi connectivity index (χ4v) is 5.33. The molecule has 1 aromatic heterocycles. The van der Waals surface area contributed by atoms with Crippen LogP contribution in [0.3, 0.4) is 0 Å². The fraction of sp³-hybridized carbons (Fsp3) is 0.444. The van der Waals surface area contributed by atoms with E-state index in [2.05, 4.69) is 15.3 Å². The Morgan fingerprint density at radius 3 is 2.47 bits per heavy atom. The molecule has 202 valence electrons. The number of likely N-dealkylation sites (tertiary alicyclic amines) is 1. The summed E-state index contributed by atoms with van der Waals surface area (Å²) in [5.41, 5.74) is 0.00336. The van der Waals surface area contributed by atoms with Crippen molar-refractivity contribution in [1.82, 2.24) is 14.9 Å². The van der Waals surface area contributed by atoms with Gasteiger partial charge in [0.25, 0.3) is 0 Å². The summed E-state index contributed by atoms with van der Waals surface area (Å²) in [4.78, 5) is 22.8. The highest BCUT2D eigenvalue weighted by molar-refractivity contribution is 6.31. The molecule has 5 rings (SSSR count). The zero-order valence-electron chi connectivity index (χ0n) is 21.6. The molecule has 2 aliphatic rings. The van der Waals surface area contributed by atoms with Crippen molar-refractivity contribution < 1.29 is 27.8 Å². The fourth-order valence-electron chi connectivity index (χ4n) is 5.16. The number of aromatic nitrogens is 2. The summed E-state index contributed by atoms with van der Waals surface area (Å²) in [7, 11) is 1.55. The number of carbonyl (C=O) groups excluding carboxylic acids is 1. The smallest absolute Gasteiger partial charge is 0.410 e. The molecule has 0 unspecified atom stereocenters. The maximum atomic E-state index is 14.5. The van der Waals surface area contributed by atoms with Crippen molar-refractivity contribution in [1.29, 1.82) is 0 Å². The lowest BCUT2D eigenvalue weighted by Gasteiger charge is -2.25. The Hall–Kier alpha value is -3.40. The molecule has 1 N–H and O–H groups in total. The Bertz CT molecular complexity index is 1370. The molecule has 1 aliphatic heterocycles. The summed E-state index contributed by atoms with van der Waals surface area (Å²) < 4.78 is 45.6. The van der Waals surface area contributed by atoms with E-state index in [-0.39, 0.29) is 17.9 Å². The minimum atomic E-state index is -0.915. The van der Waals surface area contributed by atoms with Crippen molar-refractivity contribution in [3.63, 3.8) is 0 Å². The molecule has 1 amide bonds. The number of hydrogen-bond donors (Lipinski definition) is 1. The molecule has 0 spiro atoms. The van der Waals surface area contributed by atoms with E-state index in [0.717, 1.165) is 18.9 Å². The Balaban J connectivity index is 1.34. The molecule has 1 saturated carbocycles. The van der Waals surface area contributed by atoms with Crippen molar-refractivity contribution in [3.05, 3.63) is 47.2 Å². The van der Waals surface area contributed by atoms with Gasteiger partial charge in [-0.05, 0) is 63.6 Å². The third-order valence-corrected chi connectivity index (χ3v) is 7.21. The van der Waals surface area contributed by atoms with E-state index in [1.165, 1.54) is 12.4 Å². The molecule has 0 bridgehead atoms. The predicted octanol–water partition coefficient (Wildman–Crippen LogP) is 6.34. The molecule has 2 aromatic carbocycles. The standard InChI is InChI=1S/C27H29ClF2N4O4/c1-27(2,3)38-26(35)34-11-14-7-16(8-15(14)12-34)37-22-9-17-20(10-21(22)36-4)31-13-32-25(17)33-19-6-5-18(29)23(28)24(19)30/h5-6,9-10,13-16H,7-8,11-12H2,1-4H3,(H,31,32,33)/t14-,15+,16+. The van der Waals surface area contributed by atoms with Crippen LogP contribution < -0.4 is 14.8 Å². The first kappa shape index (κ1) is 26.2. The summed E-state index contributed by atoms with van der Waals surface area (Å²) in [6.07, 6.45) is 2.58. The van der Waals surface area contributed by atoms with Gasteiger partial charge in [-0.25, -0.2) is 23.5 Å². The van der Waals surface area contributed by atoms with Gasteiger partial charge in [0.15, 0.2) is 17.3 Å². The van der Waals surface area contributed by atoms with E-state index in [1.54, 1.807) is 24.1 Å². The summed E-state index contributed by atoms with van der Waals surface area (Å²) >= 11 is 5.73. The molecular formula is C27H29ClF2N4O4. The average molecular weight is 547 g/mol. The first-order valence-corrected chi connectivity index (χ1v) is 12.8. The van der Waals surface area contributed by atoms with Gasteiger partial charge in [0.2, 0.25) is 0 Å². The van der Waals surface area contributed by atoms with E-state index in [9.17, 15) is 13.6 Å². The number of rotatable bonds is 5. The highest BCUT2D eigenvalue weighted by Gasteiger charge is 2.44. The highest BCUT2D eigenvalue weighted by atomic mass is 35.5. The van der Waals surface area contributed by atoms with Gasteiger partial charge in [-0.1, -0.05) is 11.6 Å². The maximum absolute atomic E-state index is 14.5. The Labute approximate surface area is 224 Å². The lowest BCUT2D eigenvalue weighted by Crippen LogP contribution is -2.36. The topological polar surface area (TPSA) is 85.8 Å². The number of halogens is 3. The number of ether oxygens (including phenoxy) is 3. The number of amides is 1. The molecule has 11 heteroatoms. The number of anilines is 2. The van der Waals surface area contributed by atoms with Crippen LogP contribution in [0, 0.1) is 23.5 Å². The van der Waals surface area contributed by atoms with Gasteiger partial charge in [-0.2, -0.15) is 0 Å². The first-order valence-electron chi connectivity index (χ1n) is 12.4. The van der Waals surface area contributed by atoms with Crippen molar-refractivity contribution in [2.75, 3.05) is 25.5 Å². The van der Waals surface area contributed by atoms with Crippen LogP contribution in [-0.4, -0.2) is 52.9 Å². The first-order chi connectivity index (χ1) is 18.0. The van der Waals surface area contributed by atoms with Gasteiger partial charge < -0.3 is 24.4 Å². The second-order valence-electron chi connectivity index (χ2n) is 10.7. The molecule has 3 atom stereocenters. The Kier molecular flexibility index (Phi) is 6.94. The van der Waals surface area contributed by atoms with Gasteiger partial charge in [0.05, 0.1) is 24.4 Å². The van der Waals surface area contributed by atoms with Crippen molar-refractivity contribution in [3.8, 4) is 11.5 Å². The molecule has 1 aliphatic carbocycles. The summed E-state index contributed by atoms with van der Waals surface area (Å²) in [5, 5.41) is 2.85. The molecule has 38 heavy (non-hydrogen) atoms. The zero-order chi connectivity index (χ0) is 27.2. The summed E-state index contributed by atoms with van der Waals surface area (Å²) in [5.74, 6) is 0.200. The molecule has 0 radical (unpaired) electrons. The summed E-state index contributed by atoms with van der Waals surface area (Å²) in [6.45, 7) is 6.86. The van der Waals surface area contributed by atoms with Crippen LogP contribution in [-0.2, 0) is 4.74 Å². The molecule has 2 heterocycles. The number of nitrogens with zero attached hydrogens (tertiary/aromatic N) is 3. The molecule has 2 fully saturated rings. The third-order valence-electron chi connectivity index (χ3n) is 6.86. The monoisotopic (exact) mass is 546 g/mol. The SMILES string of the molecule is COc1cc2ncnc(Nc3ccc(F)c(Cl)c3F)c2cc1O[C@H]1C[C@@H]2CN(C(=O)OC(C)(C)C)C[C@@H]2C1. The van der Waals surface area contributed by atoms with Crippen LogP contribution >= 0.6 is 11.6 Å². The quantitative estimate of drug-likeness (QED) is 0.374. The van der Waals surface area contributed by atoms with Crippen LogP contribution in [0.1, 0.15) is 33.6 Å². The van der Waals surface area contributed by atoms with Gasteiger partial charge in [0.1, 0.15) is 28.6 Å². The van der Waals surface area contributed by atoms with E-state index < -0.39 is 22.3 Å². The van der Waals surface area contributed by atoms with E-state index in [4.69, 9.17) is 25.8 Å². The van der Waals surface area contributed by atoms with Gasteiger partial charge in [-0.3, -0.25) is 0 Å². The van der Waals surface area contributed by atoms with Gasteiger partial charge in [-0.15, -0.1) is 0 Å². The van der Waals surface area contributed by atoms with Crippen LogP contribution in [0.4, 0.5) is 25.1 Å². The normalized spacial score (nSPS) is 20.9. The second kappa shape index (κ2) is 10.1. The number of nitrogens with one attached hydrogen (secondary N) is 1. The van der Waals surface area contributed by atoms with Crippen molar-refractivity contribution in [2.45, 2.75) is 45.3 Å². The molecule has 3 aromatic rings. The predicted molar refractivity (Wildman–Crippen MR) is 139 cm³/mol. The minimum absolute atomic E-state index is 0.0205. The number of benzene rings is 2. The average Bonchev–Trinajstić information content (AvgIpc) is 3.42. The van der Waals surface area contributed by atoms with E-state index in [0.29, 0.717) is 53.1 Å². The number of carbonyl (C=O) groups is 1. The molecule has 1 saturated heterocycles. The minimum Gasteiger partial charge on any atom is -0.493 e. The largest absolute Gasteiger partial charge is 0.493 e. The van der Waals surface area contributed by atoms with Crippen LogP contribution in [0.5, 0.6) is 11.5 Å². The molecule has 8 nitrogen and oxygen atoms in total. The Morgan fingerprint density at radius 2 is 1.82 bits per heavy atom. The van der Waals surface area contributed by atoms with E-state index in [1.807, 2.05) is 20.8 Å². The van der Waals surface area contributed by atoms with Crippen LogP contribution in [0.2, 0.25) is 5.02 Å². The number of methoxy groups -OCH3 is 1. The maximum Gasteiger partial charge on any atom is 0.410 e. The van der Waals surface area contributed by atoms with Crippen LogP contribution in [0.15, 0.2) is 30.6 Å².